The van der Waals surface area contributed by atoms with E-state index in [1.807, 2.05) is 31.3 Å². The van der Waals surface area contributed by atoms with Gasteiger partial charge in [0.25, 0.3) is 0 Å². The molecule has 0 fully saturated rings. The number of hydrogen-bond donors (Lipinski definition) is 2. The van der Waals surface area contributed by atoms with Gasteiger partial charge in [0.2, 0.25) is 0 Å². The molecule has 0 aliphatic rings. The van der Waals surface area contributed by atoms with E-state index in [4.69, 9.17) is 4.74 Å². The predicted octanol–water partition coefficient (Wildman–Crippen LogP) is 5.21. The van der Waals surface area contributed by atoms with Crippen LogP contribution in [0.2, 0.25) is 0 Å². The number of hydrogen-bond acceptors (Lipinski definition) is 4. The lowest BCUT2D eigenvalue weighted by molar-refractivity contribution is 0.0697. The van der Waals surface area contributed by atoms with E-state index < -0.39 is 5.97 Å². The van der Waals surface area contributed by atoms with Gasteiger partial charge in [-0.25, -0.2) is 4.79 Å². The van der Waals surface area contributed by atoms with Crippen molar-refractivity contribution < 1.29 is 14.6 Å². The van der Waals surface area contributed by atoms with Crippen molar-refractivity contribution in [1.82, 2.24) is 0 Å². The smallest absolute Gasteiger partial charge is 0.337 e. The number of rotatable bonds is 6. The average Bonchev–Trinajstić information content (AvgIpc) is 2.69. The molecule has 5 heteroatoms. The SMILES string of the molecule is COc1ccc(Nc2ccc(N(C)c3ccc(C)cc3)cc2)c(C(=O)O)c1. The number of ether oxygens (including phenoxy) is 1. The summed E-state index contributed by atoms with van der Waals surface area (Å²) in [5, 5.41) is 12.6. The first-order chi connectivity index (χ1) is 13.0. The van der Waals surface area contributed by atoms with E-state index in [1.165, 1.54) is 18.7 Å². The van der Waals surface area contributed by atoms with Crippen LogP contribution in [0.25, 0.3) is 0 Å². The van der Waals surface area contributed by atoms with Crippen LogP contribution in [0.5, 0.6) is 5.75 Å². The molecule has 2 N–H and O–H groups in total. The molecule has 0 aromatic heterocycles. The van der Waals surface area contributed by atoms with Crippen molar-refractivity contribution in [3.63, 3.8) is 0 Å². The Hall–Kier alpha value is -3.47. The molecule has 0 radical (unpaired) electrons. The summed E-state index contributed by atoms with van der Waals surface area (Å²) >= 11 is 0. The maximum atomic E-state index is 11.5. The van der Waals surface area contributed by atoms with E-state index in [0.29, 0.717) is 11.4 Å². The van der Waals surface area contributed by atoms with Gasteiger partial charge in [-0.2, -0.15) is 0 Å². The molecular weight excluding hydrogens is 340 g/mol. The molecule has 5 nitrogen and oxygen atoms in total. The number of anilines is 4. The number of nitrogens with one attached hydrogen (secondary N) is 1. The van der Waals surface area contributed by atoms with Crippen molar-refractivity contribution in [1.29, 1.82) is 0 Å². The fraction of sp³-hybridized carbons (Fsp3) is 0.136. The monoisotopic (exact) mass is 362 g/mol. The summed E-state index contributed by atoms with van der Waals surface area (Å²) in [4.78, 5) is 13.6. The first kappa shape index (κ1) is 18.3. The molecule has 0 heterocycles. The van der Waals surface area contributed by atoms with E-state index in [9.17, 15) is 9.90 Å². The van der Waals surface area contributed by atoms with Gasteiger partial charge in [-0.3, -0.25) is 0 Å². The lowest BCUT2D eigenvalue weighted by Crippen LogP contribution is -2.09. The van der Waals surface area contributed by atoms with Crippen LogP contribution in [0.15, 0.2) is 66.7 Å². The quantitative estimate of drug-likeness (QED) is 0.630. The minimum atomic E-state index is -1.01. The predicted molar refractivity (Wildman–Crippen MR) is 109 cm³/mol. The Labute approximate surface area is 158 Å². The summed E-state index contributed by atoms with van der Waals surface area (Å²) in [5.41, 5.74) is 4.85. The zero-order valence-corrected chi connectivity index (χ0v) is 15.6. The summed E-state index contributed by atoms with van der Waals surface area (Å²) in [7, 11) is 3.52. The van der Waals surface area contributed by atoms with Gasteiger partial charge < -0.3 is 20.1 Å². The average molecular weight is 362 g/mol. The Bertz CT molecular complexity index is 935. The maximum absolute atomic E-state index is 11.5. The zero-order valence-electron chi connectivity index (χ0n) is 15.6. The van der Waals surface area contributed by atoms with Gasteiger partial charge in [-0.1, -0.05) is 17.7 Å². The first-order valence-electron chi connectivity index (χ1n) is 8.57. The molecule has 0 bridgehead atoms. The van der Waals surface area contributed by atoms with Gasteiger partial charge in [-0.05, 0) is 61.5 Å². The summed E-state index contributed by atoms with van der Waals surface area (Å²) in [6.45, 7) is 2.06. The van der Waals surface area contributed by atoms with Crippen molar-refractivity contribution in [3.8, 4) is 5.75 Å². The van der Waals surface area contributed by atoms with Crippen molar-refractivity contribution in [3.05, 3.63) is 77.9 Å². The van der Waals surface area contributed by atoms with Gasteiger partial charge in [-0.15, -0.1) is 0 Å². The van der Waals surface area contributed by atoms with Crippen LogP contribution < -0.4 is 15.0 Å². The Morgan fingerprint density at radius 3 is 2.11 bits per heavy atom. The molecule has 138 valence electrons. The number of aromatic carboxylic acids is 1. The fourth-order valence-electron chi connectivity index (χ4n) is 2.78. The Kier molecular flexibility index (Phi) is 5.31. The Morgan fingerprint density at radius 2 is 1.56 bits per heavy atom. The standard InChI is InChI=1S/C22H22N2O3/c1-15-4-8-17(9-5-15)24(2)18-10-6-16(7-11-18)23-21-13-12-19(27-3)14-20(21)22(25)26/h4-14,23H,1-3H3,(H,25,26). The largest absolute Gasteiger partial charge is 0.497 e. The van der Waals surface area contributed by atoms with Crippen LogP contribution in [0.1, 0.15) is 15.9 Å². The molecule has 0 aliphatic heterocycles. The molecule has 0 spiro atoms. The second-order valence-corrected chi connectivity index (χ2v) is 6.28. The third-order valence-electron chi connectivity index (χ3n) is 4.41. The van der Waals surface area contributed by atoms with Crippen LogP contribution in [0.3, 0.4) is 0 Å². The normalized spacial score (nSPS) is 10.3. The Morgan fingerprint density at radius 1 is 0.963 bits per heavy atom. The summed E-state index contributed by atoms with van der Waals surface area (Å²) in [5.74, 6) is -0.500. The van der Waals surface area contributed by atoms with Crippen molar-refractivity contribution in [2.75, 3.05) is 24.4 Å². The summed E-state index contributed by atoms with van der Waals surface area (Å²) < 4.78 is 5.11. The molecular formula is C22H22N2O3. The molecule has 0 atom stereocenters. The lowest BCUT2D eigenvalue weighted by atomic mass is 10.1. The van der Waals surface area contributed by atoms with E-state index in [1.54, 1.807) is 12.1 Å². The highest BCUT2D eigenvalue weighted by molar-refractivity contribution is 5.95. The number of nitrogens with zero attached hydrogens (tertiary/aromatic N) is 1. The molecule has 3 aromatic carbocycles. The summed E-state index contributed by atoms with van der Waals surface area (Å²) in [6.07, 6.45) is 0. The molecule has 0 unspecified atom stereocenters. The lowest BCUT2D eigenvalue weighted by Gasteiger charge is -2.20. The van der Waals surface area contributed by atoms with E-state index >= 15 is 0 Å². The van der Waals surface area contributed by atoms with E-state index in [2.05, 4.69) is 41.4 Å². The highest BCUT2D eigenvalue weighted by atomic mass is 16.5. The second-order valence-electron chi connectivity index (χ2n) is 6.28. The van der Waals surface area contributed by atoms with Crippen LogP contribution >= 0.6 is 0 Å². The van der Waals surface area contributed by atoms with Gasteiger partial charge in [0.1, 0.15) is 5.75 Å². The van der Waals surface area contributed by atoms with Crippen LogP contribution in [-0.2, 0) is 0 Å². The fourth-order valence-corrected chi connectivity index (χ4v) is 2.78. The van der Waals surface area contributed by atoms with E-state index in [0.717, 1.165) is 17.1 Å². The minimum absolute atomic E-state index is 0.162. The molecule has 0 amide bonds. The Balaban J connectivity index is 1.80. The highest BCUT2D eigenvalue weighted by Gasteiger charge is 2.12. The maximum Gasteiger partial charge on any atom is 0.337 e. The zero-order chi connectivity index (χ0) is 19.4. The minimum Gasteiger partial charge on any atom is -0.497 e. The number of benzene rings is 3. The third-order valence-corrected chi connectivity index (χ3v) is 4.41. The van der Waals surface area contributed by atoms with Gasteiger partial charge in [0, 0.05) is 24.1 Å². The third kappa shape index (κ3) is 4.20. The molecule has 27 heavy (non-hydrogen) atoms. The van der Waals surface area contributed by atoms with Gasteiger partial charge in [0.15, 0.2) is 0 Å². The summed E-state index contributed by atoms with van der Waals surface area (Å²) in [6, 6.07) is 21.1. The van der Waals surface area contributed by atoms with Crippen LogP contribution in [0.4, 0.5) is 22.7 Å². The molecule has 3 aromatic rings. The number of aryl methyl sites for hydroxylation is 1. The van der Waals surface area contributed by atoms with Crippen LogP contribution in [0, 0.1) is 6.92 Å². The van der Waals surface area contributed by atoms with Crippen molar-refractivity contribution >= 4 is 28.7 Å². The first-order valence-corrected chi connectivity index (χ1v) is 8.57. The highest BCUT2D eigenvalue weighted by Crippen LogP contribution is 2.28. The van der Waals surface area contributed by atoms with Gasteiger partial charge >= 0.3 is 5.97 Å². The van der Waals surface area contributed by atoms with Gasteiger partial charge in [0.05, 0.1) is 18.4 Å². The number of carbonyl (C=O) groups is 1. The molecule has 3 rings (SSSR count). The molecule has 0 saturated heterocycles. The topological polar surface area (TPSA) is 61.8 Å². The molecule has 0 saturated carbocycles. The van der Waals surface area contributed by atoms with E-state index in [-0.39, 0.29) is 5.56 Å². The van der Waals surface area contributed by atoms with Crippen molar-refractivity contribution in [2.45, 2.75) is 6.92 Å². The van der Waals surface area contributed by atoms with Crippen LogP contribution in [-0.4, -0.2) is 25.2 Å². The molecule has 0 aliphatic carbocycles. The number of carboxylic acids is 1. The van der Waals surface area contributed by atoms with Crippen molar-refractivity contribution in [2.24, 2.45) is 0 Å². The number of methoxy groups -OCH3 is 1. The number of carboxylic acid groups (broad SMARTS) is 1. The second kappa shape index (κ2) is 7.83.